The molecule has 3 heteroatoms. The van der Waals surface area contributed by atoms with Gasteiger partial charge in [-0.3, -0.25) is 4.79 Å². The van der Waals surface area contributed by atoms with Crippen LogP contribution >= 0.6 is 0 Å². The molecule has 0 radical (unpaired) electrons. The van der Waals surface area contributed by atoms with Crippen LogP contribution in [0.4, 0.5) is 0 Å². The van der Waals surface area contributed by atoms with E-state index in [-0.39, 0.29) is 5.56 Å². The number of hydrogen-bond donors (Lipinski definition) is 1. The van der Waals surface area contributed by atoms with Crippen LogP contribution in [0, 0.1) is 5.92 Å². The Labute approximate surface area is 119 Å². The number of hydrogen-bond acceptors (Lipinski definition) is 2. The van der Waals surface area contributed by atoms with Crippen LogP contribution in [0.25, 0.3) is 10.9 Å². The Morgan fingerprint density at radius 1 is 1.35 bits per heavy atom. The molecule has 0 amide bonds. The number of aromatic nitrogens is 2. The summed E-state index contributed by atoms with van der Waals surface area (Å²) in [6.07, 6.45) is 5.27. The average molecular weight is 270 g/mol. The SMILES string of the molecule is CC(C)=CCCC(C)Cc1nc2ccccc2c(=O)[nH]1. The lowest BCUT2D eigenvalue weighted by Crippen LogP contribution is -2.14. The van der Waals surface area contributed by atoms with Gasteiger partial charge in [0.15, 0.2) is 0 Å². The molecule has 0 fully saturated rings. The van der Waals surface area contributed by atoms with Gasteiger partial charge in [-0.2, -0.15) is 0 Å². The maximum Gasteiger partial charge on any atom is 0.258 e. The molecule has 3 nitrogen and oxygen atoms in total. The Kier molecular flexibility index (Phi) is 4.72. The minimum absolute atomic E-state index is 0.0397. The van der Waals surface area contributed by atoms with Gasteiger partial charge in [0.2, 0.25) is 0 Å². The van der Waals surface area contributed by atoms with E-state index in [1.54, 1.807) is 0 Å². The Hall–Kier alpha value is -1.90. The molecule has 20 heavy (non-hydrogen) atoms. The molecule has 0 aliphatic rings. The van der Waals surface area contributed by atoms with Crippen molar-refractivity contribution in [2.24, 2.45) is 5.92 Å². The van der Waals surface area contributed by atoms with Crippen LogP contribution in [-0.4, -0.2) is 9.97 Å². The van der Waals surface area contributed by atoms with E-state index in [2.05, 4.69) is 36.8 Å². The Bertz CT molecular complexity index is 666. The lowest BCUT2D eigenvalue weighted by Gasteiger charge is -2.10. The summed E-state index contributed by atoms with van der Waals surface area (Å²) in [5, 5.41) is 0.661. The zero-order valence-electron chi connectivity index (χ0n) is 12.4. The molecular weight excluding hydrogens is 248 g/mol. The first kappa shape index (κ1) is 14.5. The number of aromatic amines is 1. The summed E-state index contributed by atoms with van der Waals surface area (Å²) in [5.41, 5.74) is 2.10. The summed E-state index contributed by atoms with van der Waals surface area (Å²) >= 11 is 0. The molecule has 0 saturated heterocycles. The first-order chi connectivity index (χ1) is 9.56. The maximum atomic E-state index is 12.0. The van der Waals surface area contributed by atoms with E-state index < -0.39 is 0 Å². The second kappa shape index (κ2) is 6.51. The summed E-state index contributed by atoms with van der Waals surface area (Å²) in [7, 11) is 0. The Balaban J connectivity index is 2.10. The van der Waals surface area contributed by atoms with Gasteiger partial charge in [-0.1, -0.05) is 30.7 Å². The first-order valence-corrected chi connectivity index (χ1v) is 7.17. The quantitative estimate of drug-likeness (QED) is 0.839. The van der Waals surface area contributed by atoms with Crippen molar-refractivity contribution in [1.29, 1.82) is 0 Å². The molecule has 1 aromatic heterocycles. The highest BCUT2D eigenvalue weighted by molar-refractivity contribution is 5.77. The topological polar surface area (TPSA) is 45.8 Å². The molecule has 2 aromatic rings. The van der Waals surface area contributed by atoms with Crippen molar-refractivity contribution in [2.45, 2.75) is 40.0 Å². The highest BCUT2D eigenvalue weighted by Gasteiger charge is 2.07. The Morgan fingerprint density at radius 2 is 2.10 bits per heavy atom. The van der Waals surface area contributed by atoms with Gasteiger partial charge in [0.05, 0.1) is 10.9 Å². The van der Waals surface area contributed by atoms with Crippen molar-refractivity contribution in [3.63, 3.8) is 0 Å². The summed E-state index contributed by atoms with van der Waals surface area (Å²) in [4.78, 5) is 19.4. The van der Waals surface area contributed by atoms with E-state index in [1.165, 1.54) is 5.57 Å². The van der Waals surface area contributed by atoms with Crippen LogP contribution in [0.1, 0.15) is 39.4 Å². The number of allylic oxidation sites excluding steroid dienone is 2. The summed E-state index contributed by atoms with van der Waals surface area (Å²) < 4.78 is 0. The number of para-hydroxylation sites is 1. The van der Waals surface area contributed by atoms with Gasteiger partial charge in [-0.15, -0.1) is 0 Å². The second-order valence-electron chi connectivity index (χ2n) is 5.70. The molecule has 1 heterocycles. The fourth-order valence-corrected chi connectivity index (χ4v) is 2.32. The van der Waals surface area contributed by atoms with Crippen molar-refractivity contribution in [3.05, 3.63) is 52.1 Å². The zero-order chi connectivity index (χ0) is 14.5. The maximum absolute atomic E-state index is 12.0. The minimum Gasteiger partial charge on any atom is -0.310 e. The average Bonchev–Trinajstić information content (AvgIpc) is 2.38. The molecule has 1 unspecified atom stereocenters. The van der Waals surface area contributed by atoms with Gasteiger partial charge >= 0.3 is 0 Å². The van der Waals surface area contributed by atoms with E-state index in [0.717, 1.165) is 30.6 Å². The van der Waals surface area contributed by atoms with E-state index in [0.29, 0.717) is 11.3 Å². The monoisotopic (exact) mass is 270 g/mol. The number of H-pyrrole nitrogens is 1. The van der Waals surface area contributed by atoms with Gasteiger partial charge in [-0.05, 0) is 44.7 Å². The van der Waals surface area contributed by atoms with Gasteiger partial charge < -0.3 is 4.98 Å². The molecule has 1 N–H and O–H groups in total. The molecule has 0 spiro atoms. The van der Waals surface area contributed by atoms with Crippen LogP contribution in [0.2, 0.25) is 0 Å². The molecule has 0 saturated carbocycles. The van der Waals surface area contributed by atoms with Crippen LogP contribution in [0.3, 0.4) is 0 Å². The molecule has 0 bridgehead atoms. The highest BCUT2D eigenvalue weighted by Crippen LogP contribution is 2.13. The molecule has 1 aromatic carbocycles. The van der Waals surface area contributed by atoms with Crippen molar-refractivity contribution in [2.75, 3.05) is 0 Å². The van der Waals surface area contributed by atoms with Crippen LogP contribution in [0.5, 0.6) is 0 Å². The predicted molar refractivity (Wildman–Crippen MR) is 83.9 cm³/mol. The summed E-state index contributed by atoms with van der Waals surface area (Å²) in [5.74, 6) is 1.30. The second-order valence-corrected chi connectivity index (χ2v) is 5.70. The third-order valence-corrected chi connectivity index (χ3v) is 3.42. The van der Waals surface area contributed by atoms with Gasteiger partial charge in [0, 0.05) is 6.42 Å². The molecular formula is C17H22N2O. The number of nitrogens with zero attached hydrogens (tertiary/aromatic N) is 1. The summed E-state index contributed by atoms with van der Waals surface area (Å²) in [6.45, 7) is 6.44. The molecule has 0 aliphatic heterocycles. The third-order valence-electron chi connectivity index (χ3n) is 3.42. The molecule has 2 rings (SSSR count). The van der Waals surface area contributed by atoms with Crippen LogP contribution < -0.4 is 5.56 Å². The first-order valence-electron chi connectivity index (χ1n) is 7.17. The summed E-state index contributed by atoms with van der Waals surface area (Å²) in [6, 6.07) is 7.48. The predicted octanol–water partition coefficient (Wildman–Crippen LogP) is 3.85. The third kappa shape index (κ3) is 3.80. The standard InChI is InChI=1S/C17H22N2O/c1-12(2)7-6-8-13(3)11-16-18-15-10-5-4-9-14(15)17(20)19-16/h4-5,7,9-10,13H,6,8,11H2,1-3H3,(H,18,19,20). The van der Waals surface area contributed by atoms with Gasteiger partial charge in [0.25, 0.3) is 5.56 Å². The van der Waals surface area contributed by atoms with E-state index in [1.807, 2.05) is 24.3 Å². The smallest absolute Gasteiger partial charge is 0.258 e. The largest absolute Gasteiger partial charge is 0.310 e. The minimum atomic E-state index is -0.0397. The fourth-order valence-electron chi connectivity index (χ4n) is 2.32. The molecule has 106 valence electrons. The number of nitrogens with one attached hydrogen (secondary N) is 1. The van der Waals surface area contributed by atoms with E-state index >= 15 is 0 Å². The van der Waals surface area contributed by atoms with Crippen LogP contribution in [-0.2, 0) is 6.42 Å². The van der Waals surface area contributed by atoms with Crippen LogP contribution in [0.15, 0.2) is 40.7 Å². The van der Waals surface area contributed by atoms with Gasteiger partial charge in [-0.25, -0.2) is 4.98 Å². The Morgan fingerprint density at radius 3 is 2.85 bits per heavy atom. The normalized spacial score (nSPS) is 12.3. The van der Waals surface area contributed by atoms with E-state index in [9.17, 15) is 4.79 Å². The molecule has 0 aliphatic carbocycles. The number of rotatable bonds is 5. The van der Waals surface area contributed by atoms with Gasteiger partial charge in [0.1, 0.15) is 5.82 Å². The highest BCUT2D eigenvalue weighted by atomic mass is 16.1. The number of benzene rings is 1. The lowest BCUT2D eigenvalue weighted by molar-refractivity contribution is 0.521. The van der Waals surface area contributed by atoms with Crippen molar-refractivity contribution in [3.8, 4) is 0 Å². The van der Waals surface area contributed by atoms with Crippen molar-refractivity contribution in [1.82, 2.24) is 9.97 Å². The van der Waals surface area contributed by atoms with Crippen molar-refractivity contribution < 1.29 is 0 Å². The van der Waals surface area contributed by atoms with E-state index in [4.69, 9.17) is 0 Å². The molecule has 1 atom stereocenters. The number of fused-ring (bicyclic) bond motifs is 1. The lowest BCUT2D eigenvalue weighted by atomic mass is 10.0. The van der Waals surface area contributed by atoms with Crippen molar-refractivity contribution >= 4 is 10.9 Å². The fraction of sp³-hybridized carbons (Fsp3) is 0.412. The zero-order valence-corrected chi connectivity index (χ0v) is 12.4.